The lowest BCUT2D eigenvalue weighted by atomic mass is 10.1. The van der Waals surface area contributed by atoms with Crippen LogP contribution in [0, 0.1) is 0 Å². The molecule has 6 heteroatoms. The number of methoxy groups -OCH3 is 1. The number of hydrogen-bond donors (Lipinski definition) is 2. The molecule has 0 atom stereocenters. The van der Waals surface area contributed by atoms with Gasteiger partial charge in [0.05, 0.1) is 6.61 Å². The van der Waals surface area contributed by atoms with Gasteiger partial charge in [-0.1, -0.05) is 17.3 Å². The summed E-state index contributed by atoms with van der Waals surface area (Å²) in [6, 6.07) is 11.1. The van der Waals surface area contributed by atoms with E-state index in [0.717, 1.165) is 6.42 Å². The maximum atomic E-state index is 8.58. The Morgan fingerprint density at radius 2 is 2.00 bits per heavy atom. The average Bonchev–Trinajstić information content (AvgIpc) is 2.54. The van der Waals surface area contributed by atoms with Gasteiger partial charge >= 0.3 is 0 Å². The van der Waals surface area contributed by atoms with Crippen molar-refractivity contribution in [1.29, 1.82) is 0 Å². The molecule has 2 rings (SSSR count). The number of pyridine rings is 1. The molecule has 0 fully saturated rings. The number of nitrogens with zero attached hydrogens (tertiary/aromatic N) is 2. The zero-order valence-electron chi connectivity index (χ0n) is 11.7. The lowest BCUT2D eigenvalue weighted by Crippen LogP contribution is -2.13. The summed E-state index contributed by atoms with van der Waals surface area (Å²) < 4.78 is 10.7. The minimum Gasteiger partial charge on any atom is -0.439 e. The number of rotatable bonds is 6. The van der Waals surface area contributed by atoms with E-state index in [4.69, 9.17) is 20.4 Å². The van der Waals surface area contributed by atoms with Crippen LogP contribution in [-0.4, -0.2) is 29.7 Å². The molecule has 0 radical (unpaired) electrons. The molecule has 0 amide bonds. The second kappa shape index (κ2) is 7.25. The molecule has 0 bridgehead atoms. The SMILES string of the molecule is COCCc1ccc(Oc2ccc(/C(N)=N/O)cn2)cc1. The Bertz CT molecular complexity index is 595. The predicted molar refractivity (Wildman–Crippen MR) is 78.8 cm³/mol. The van der Waals surface area contributed by atoms with E-state index in [1.54, 1.807) is 19.2 Å². The molecule has 6 nitrogen and oxygen atoms in total. The van der Waals surface area contributed by atoms with Crippen LogP contribution in [0.25, 0.3) is 0 Å². The molecule has 3 N–H and O–H groups in total. The first-order valence-corrected chi connectivity index (χ1v) is 6.42. The normalized spacial score (nSPS) is 11.4. The van der Waals surface area contributed by atoms with Gasteiger partial charge in [0.15, 0.2) is 5.84 Å². The summed E-state index contributed by atoms with van der Waals surface area (Å²) in [7, 11) is 1.68. The van der Waals surface area contributed by atoms with Crippen molar-refractivity contribution in [2.24, 2.45) is 10.9 Å². The second-order valence-electron chi connectivity index (χ2n) is 4.36. The molecular weight excluding hydrogens is 270 g/mol. The van der Waals surface area contributed by atoms with Gasteiger partial charge < -0.3 is 20.4 Å². The topological polar surface area (TPSA) is 90.0 Å². The van der Waals surface area contributed by atoms with E-state index in [9.17, 15) is 0 Å². The third-order valence-electron chi connectivity index (χ3n) is 2.88. The summed E-state index contributed by atoms with van der Waals surface area (Å²) in [6.07, 6.45) is 2.35. The Kier molecular flexibility index (Phi) is 5.11. The number of benzene rings is 1. The number of nitrogens with two attached hydrogens (primary N) is 1. The van der Waals surface area contributed by atoms with Gasteiger partial charge in [-0.25, -0.2) is 4.98 Å². The van der Waals surface area contributed by atoms with Gasteiger partial charge in [0.1, 0.15) is 5.75 Å². The van der Waals surface area contributed by atoms with Crippen LogP contribution >= 0.6 is 0 Å². The third-order valence-corrected chi connectivity index (χ3v) is 2.88. The summed E-state index contributed by atoms with van der Waals surface area (Å²) >= 11 is 0. The lowest BCUT2D eigenvalue weighted by molar-refractivity contribution is 0.202. The van der Waals surface area contributed by atoms with Crippen molar-refractivity contribution >= 4 is 5.84 Å². The average molecular weight is 287 g/mol. The molecule has 1 aromatic carbocycles. The van der Waals surface area contributed by atoms with Crippen LogP contribution in [-0.2, 0) is 11.2 Å². The first-order valence-electron chi connectivity index (χ1n) is 6.42. The summed E-state index contributed by atoms with van der Waals surface area (Å²) in [5, 5.41) is 11.5. The molecule has 21 heavy (non-hydrogen) atoms. The smallest absolute Gasteiger partial charge is 0.219 e. The van der Waals surface area contributed by atoms with E-state index in [1.165, 1.54) is 11.8 Å². The molecule has 2 aromatic rings. The number of amidine groups is 1. The molecule has 1 heterocycles. The van der Waals surface area contributed by atoms with Crippen molar-refractivity contribution in [2.75, 3.05) is 13.7 Å². The molecule has 110 valence electrons. The monoisotopic (exact) mass is 287 g/mol. The van der Waals surface area contributed by atoms with Crippen LogP contribution < -0.4 is 10.5 Å². The summed E-state index contributed by atoms with van der Waals surface area (Å²) in [6.45, 7) is 0.692. The van der Waals surface area contributed by atoms with Crippen LogP contribution in [0.5, 0.6) is 11.6 Å². The number of ether oxygens (including phenoxy) is 2. The minimum atomic E-state index is 0.0107. The zero-order valence-corrected chi connectivity index (χ0v) is 11.7. The molecule has 0 saturated heterocycles. The highest BCUT2D eigenvalue weighted by molar-refractivity contribution is 5.96. The second-order valence-corrected chi connectivity index (χ2v) is 4.36. The lowest BCUT2D eigenvalue weighted by Gasteiger charge is -2.06. The zero-order chi connectivity index (χ0) is 15.1. The van der Waals surface area contributed by atoms with Gasteiger partial charge in [-0.15, -0.1) is 0 Å². The summed E-state index contributed by atoms with van der Waals surface area (Å²) in [5.74, 6) is 1.14. The van der Waals surface area contributed by atoms with E-state index in [-0.39, 0.29) is 5.84 Å². The fourth-order valence-electron chi connectivity index (χ4n) is 1.71. The molecule has 0 unspecified atom stereocenters. The fraction of sp³-hybridized carbons (Fsp3) is 0.200. The van der Waals surface area contributed by atoms with E-state index in [0.29, 0.717) is 23.8 Å². The molecule has 1 aromatic heterocycles. The van der Waals surface area contributed by atoms with Crippen LogP contribution in [0.3, 0.4) is 0 Å². The number of aromatic nitrogens is 1. The van der Waals surface area contributed by atoms with Gasteiger partial charge in [-0.3, -0.25) is 0 Å². The Morgan fingerprint density at radius 1 is 1.24 bits per heavy atom. The molecule has 0 saturated carbocycles. The van der Waals surface area contributed by atoms with Gasteiger partial charge in [-0.2, -0.15) is 0 Å². The Hall–Kier alpha value is -2.60. The fourth-order valence-corrected chi connectivity index (χ4v) is 1.71. The first kappa shape index (κ1) is 14.8. The molecule has 0 spiro atoms. The number of oxime groups is 1. The van der Waals surface area contributed by atoms with Crippen LogP contribution in [0.4, 0.5) is 0 Å². The standard InChI is InChI=1S/C15H17N3O3/c1-20-9-8-11-2-5-13(6-3-11)21-14-7-4-12(10-17-14)15(16)18-19/h2-7,10,19H,8-9H2,1H3,(H2,16,18). The maximum absolute atomic E-state index is 8.58. The van der Waals surface area contributed by atoms with E-state index >= 15 is 0 Å². The quantitative estimate of drug-likeness (QED) is 0.368. The highest BCUT2D eigenvalue weighted by atomic mass is 16.5. The minimum absolute atomic E-state index is 0.0107. The van der Waals surface area contributed by atoms with Gasteiger partial charge in [-0.05, 0) is 30.2 Å². The van der Waals surface area contributed by atoms with Crippen LogP contribution in [0.15, 0.2) is 47.8 Å². The Balaban J connectivity index is 2.01. The van der Waals surface area contributed by atoms with E-state index < -0.39 is 0 Å². The van der Waals surface area contributed by atoms with Gasteiger partial charge in [0, 0.05) is 24.9 Å². The van der Waals surface area contributed by atoms with Crippen molar-refractivity contribution in [1.82, 2.24) is 4.98 Å². The first-order chi connectivity index (χ1) is 10.2. The van der Waals surface area contributed by atoms with E-state index in [2.05, 4.69) is 10.1 Å². The highest BCUT2D eigenvalue weighted by Gasteiger charge is 2.02. The van der Waals surface area contributed by atoms with Crippen molar-refractivity contribution in [3.8, 4) is 11.6 Å². The van der Waals surface area contributed by atoms with Gasteiger partial charge in [0.25, 0.3) is 0 Å². The predicted octanol–water partition coefficient (Wildman–Crippen LogP) is 2.16. The Morgan fingerprint density at radius 3 is 2.57 bits per heavy atom. The van der Waals surface area contributed by atoms with Crippen molar-refractivity contribution in [2.45, 2.75) is 6.42 Å². The van der Waals surface area contributed by atoms with Crippen molar-refractivity contribution in [3.63, 3.8) is 0 Å². The summed E-state index contributed by atoms with van der Waals surface area (Å²) in [5.41, 5.74) is 7.17. The van der Waals surface area contributed by atoms with Crippen LogP contribution in [0.2, 0.25) is 0 Å². The van der Waals surface area contributed by atoms with Gasteiger partial charge in [0.2, 0.25) is 5.88 Å². The summed E-state index contributed by atoms with van der Waals surface area (Å²) in [4.78, 5) is 4.10. The van der Waals surface area contributed by atoms with E-state index in [1.807, 2.05) is 24.3 Å². The molecule has 0 aliphatic carbocycles. The largest absolute Gasteiger partial charge is 0.439 e. The Labute approximate surface area is 122 Å². The third kappa shape index (κ3) is 4.19. The maximum Gasteiger partial charge on any atom is 0.219 e. The molecular formula is C15H17N3O3. The van der Waals surface area contributed by atoms with Crippen molar-refractivity contribution in [3.05, 3.63) is 53.7 Å². The number of hydrogen-bond acceptors (Lipinski definition) is 5. The highest BCUT2D eigenvalue weighted by Crippen LogP contribution is 2.20. The molecule has 0 aliphatic rings. The van der Waals surface area contributed by atoms with Crippen LogP contribution in [0.1, 0.15) is 11.1 Å². The molecule has 0 aliphatic heterocycles. The van der Waals surface area contributed by atoms with Crippen molar-refractivity contribution < 1.29 is 14.7 Å².